The normalized spacial score (nSPS) is 10.0. The maximum Gasteiger partial charge on any atom is 0.224 e. The van der Waals surface area contributed by atoms with E-state index in [1.807, 2.05) is 0 Å². The number of carbonyl (C=O) groups is 1. The number of anilines is 1. The van der Waals surface area contributed by atoms with Crippen molar-refractivity contribution in [1.29, 1.82) is 0 Å². The van der Waals surface area contributed by atoms with Crippen LogP contribution >= 0.6 is 0 Å². The summed E-state index contributed by atoms with van der Waals surface area (Å²) in [5.41, 5.74) is 0.588. The summed E-state index contributed by atoms with van der Waals surface area (Å²) in [6.07, 6.45) is 1.65. The highest BCUT2D eigenvalue weighted by Crippen LogP contribution is 2.09. The standard InChI is InChI=1S/C11H14FNO2/c12-9-4-6-10(7-5-9)13-11(15)3-1-2-8-14/h4-7,14H,1-3,8H2,(H,13,15). The van der Waals surface area contributed by atoms with Gasteiger partial charge in [0.2, 0.25) is 5.91 Å². The summed E-state index contributed by atoms with van der Waals surface area (Å²) in [4.78, 5) is 11.3. The van der Waals surface area contributed by atoms with Gasteiger partial charge in [-0.2, -0.15) is 0 Å². The smallest absolute Gasteiger partial charge is 0.224 e. The van der Waals surface area contributed by atoms with Crippen LogP contribution in [0.3, 0.4) is 0 Å². The zero-order chi connectivity index (χ0) is 11.1. The predicted octanol–water partition coefficient (Wildman–Crippen LogP) is 1.93. The van der Waals surface area contributed by atoms with Crippen LogP contribution in [0.2, 0.25) is 0 Å². The molecule has 0 aliphatic carbocycles. The molecule has 0 fully saturated rings. The Bertz CT molecular complexity index is 311. The van der Waals surface area contributed by atoms with E-state index in [4.69, 9.17) is 5.11 Å². The minimum Gasteiger partial charge on any atom is -0.396 e. The number of rotatable bonds is 5. The monoisotopic (exact) mass is 211 g/mol. The van der Waals surface area contributed by atoms with Gasteiger partial charge >= 0.3 is 0 Å². The van der Waals surface area contributed by atoms with Crippen LogP contribution in [0.4, 0.5) is 10.1 Å². The zero-order valence-electron chi connectivity index (χ0n) is 8.37. The van der Waals surface area contributed by atoms with Gasteiger partial charge < -0.3 is 10.4 Å². The van der Waals surface area contributed by atoms with E-state index in [9.17, 15) is 9.18 Å². The van der Waals surface area contributed by atoms with Crippen LogP contribution < -0.4 is 5.32 Å². The first-order valence-corrected chi connectivity index (χ1v) is 4.88. The lowest BCUT2D eigenvalue weighted by Gasteiger charge is -2.04. The summed E-state index contributed by atoms with van der Waals surface area (Å²) < 4.78 is 12.5. The van der Waals surface area contributed by atoms with E-state index >= 15 is 0 Å². The zero-order valence-corrected chi connectivity index (χ0v) is 8.37. The van der Waals surface area contributed by atoms with Crippen LogP contribution in [-0.2, 0) is 4.79 Å². The second-order valence-electron chi connectivity index (χ2n) is 3.24. The molecule has 1 amide bonds. The highest BCUT2D eigenvalue weighted by molar-refractivity contribution is 5.90. The van der Waals surface area contributed by atoms with Crippen molar-refractivity contribution in [1.82, 2.24) is 0 Å². The van der Waals surface area contributed by atoms with Crippen LogP contribution in [0.25, 0.3) is 0 Å². The van der Waals surface area contributed by atoms with Crippen LogP contribution in [-0.4, -0.2) is 17.6 Å². The molecule has 0 aliphatic rings. The van der Waals surface area contributed by atoms with E-state index < -0.39 is 0 Å². The molecule has 0 saturated carbocycles. The maximum absolute atomic E-state index is 12.5. The van der Waals surface area contributed by atoms with Crippen molar-refractivity contribution in [3.05, 3.63) is 30.1 Å². The van der Waals surface area contributed by atoms with Gasteiger partial charge in [-0.15, -0.1) is 0 Å². The number of unbranched alkanes of at least 4 members (excludes halogenated alkanes) is 1. The molecule has 0 bridgehead atoms. The fourth-order valence-electron chi connectivity index (χ4n) is 1.15. The summed E-state index contributed by atoms with van der Waals surface area (Å²) in [6.45, 7) is 0.101. The Morgan fingerprint density at radius 2 is 1.93 bits per heavy atom. The molecule has 0 atom stereocenters. The van der Waals surface area contributed by atoms with Gasteiger partial charge in [-0.1, -0.05) is 0 Å². The Hall–Kier alpha value is -1.42. The van der Waals surface area contributed by atoms with E-state index in [0.29, 0.717) is 24.9 Å². The van der Waals surface area contributed by atoms with E-state index in [2.05, 4.69) is 5.32 Å². The second-order valence-corrected chi connectivity index (χ2v) is 3.24. The minimum absolute atomic E-state index is 0.101. The SMILES string of the molecule is O=C(CCCCO)Nc1ccc(F)cc1. The van der Waals surface area contributed by atoms with Crippen LogP contribution in [0.5, 0.6) is 0 Å². The second kappa shape index (κ2) is 6.14. The highest BCUT2D eigenvalue weighted by atomic mass is 19.1. The molecule has 0 spiro atoms. The minimum atomic E-state index is -0.326. The number of carbonyl (C=O) groups excluding carboxylic acids is 1. The Balaban J connectivity index is 2.34. The summed E-state index contributed by atoms with van der Waals surface area (Å²) >= 11 is 0. The molecule has 2 N–H and O–H groups in total. The highest BCUT2D eigenvalue weighted by Gasteiger charge is 2.01. The van der Waals surface area contributed by atoms with Crippen molar-refractivity contribution in [2.75, 3.05) is 11.9 Å². The van der Waals surface area contributed by atoms with Gasteiger partial charge in [0.25, 0.3) is 0 Å². The van der Waals surface area contributed by atoms with E-state index in [0.717, 1.165) is 0 Å². The molecule has 0 unspecified atom stereocenters. The van der Waals surface area contributed by atoms with E-state index in [-0.39, 0.29) is 18.3 Å². The average Bonchev–Trinajstić information content (AvgIpc) is 2.22. The van der Waals surface area contributed by atoms with Gasteiger partial charge in [-0.3, -0.25) is 4.79 Å². The Labute approximate surface area is 87.9 Å². The first kappa shape index (κ1) is 11.7. The lowest BCUT2D eigenvalue weighted by atomic mass is 10.2. The Morgan fingerprint density at radius 3 is 2.53 bits per heavy atom. The number of amides is 1. The molecule has 1 aromatic rings. The predicted molar refractivity (Wildman–Crippen MR) is 56.0 cm³/mol. The van der Waals surface area contributed by atoms with Gasteiger partial charge in [0, 0.05) is 18.7 Å². The lowest BCUT2D eigenvalue weighted by Crippen LogP contribution is -2.11. The lowest BCUT2D eigenvalue weighted by molar-refractivity contribution is -0.116. The molecule has 15 heavy (non-hydrogen) atoms. The number of nitrogens with one attached hydrogen (secondary N) is 1. The topological polar surface area (TPSA) is 49.3 Å². The third-order valence-electron chi connectivity index (χ3n) is 1.94. The molecule has 1 rings (SSSR count). The first-order chi connectivity index (χ1) is 7.22. The summed E-state index contributed by atoms with van der Waals surface area (Å²) in [5, 5.41) is 11.2. The van der Waals surface area contributed by atoms with Crippen molar-refractivity contribution in [2.24, 2.45) is 0 Å². The Morgan fingerprint density at radius 1 is 1.27 bits per heavy atom. The average molecular weight is 211 g/mol. The van der Waals surface area contributed by atoms with Crippen LogP contribution in [0.1, 0.15) is 19.3 Å². The van der Waals surface area contributed by atoms with Crippen molar-refractivity contribution in [3.8, 4) is 0 Å². The Kier molecular flexibility index (Phi) is 4.77. The van der Waals surface area contributed by atoms with Gasteiger partial charge in [-0.05, 0) is 37.1 Å². The number of aliphatic hydroxyl groups is 1. The number of aliphatic hydroxyl groups excluding tert-OH is 1. The molecule has 82 valence electrons. The molecule has 0 saturated heterocycles. The summed E-state index contributed by atoms with van der Waals surface area (Å²) in [6, 6.07) is 5.62. The third-order valence-corrected chi connectivity index (χ3v) is 1.94. The van der Waals surface area contributed by atoms with Crippen molar-refractivity contribution < 1.29 is 14.3 Å². The molecule has 3 nitrogen and oxygen atoms in total. The fraction of sp³-hybridized carbons (Fsp3) is 0.364. The molecule has 0 radical (unpaired) electrons. The van der Waals surface area contributed by atoms with E-state index in [1.54, 1.807) is 0 Å². The van der Waals surface area contributed by atoms with Crippen LogP contribution in [0.15, 0.2) is 24.3 Å². The molecule has 0 aliphatic heterocycles. The largest absolute Gasteiger partial charge is 0.396 e. The molecule has 4 heteroatoms. The fourth-order valence-corrected chi connectivity index (χ4v) is 1.15. The number of halogens is 1. The summed E-state index contributed by atoms with van der Waals surface area (Å²) in [5.74, 6) is -0.441. The van der Waals surface area contributed by atoms with Gasteiger partial charge in [0.05, 0.1) is 0 Å². The van der Waals surface area contributed by atoms with E-state index in [1.165, 1.54) is 24.3 Å². The molecular weight excluding hydrogens is 197 g/mol. The first-order valence-electron chi connectivity index (χ1n) is 4.88. The van der Waals surface area contributed by atoms with Gasteiger partial charge in [0.1, 0.15) is 5.82 Å². The number of benzene rings is 1. The van der Waals surface area contributed by atoms with Crippen LogP contribution in [0, 0.1) is 5.82 Å². The third kappa shape index (κ3) is 4.56. The summed E-state index contributed by atoms with van der Waals surface area (Å²) in [7, 11) is 0. The number of hydrogen-bond donors (Lipinski definition) is 2. The molecular formula is C11H14FNO2. The maximum atomic E-state index is 12.5. The van der Waals surface area contributed by atoms with Gasteiger partial charge in [0.15, 0.2) is 0 Å². The number of hydrogen-bond acceptors (Lipinski definition) is 2. The van der Waals surface area contributed by atoms with Crippen molar-refractivity contribution in [2.45, 2.75) is 19.3 Å². The van der Waals surface area contributed by atoms with Crippen molar-refractivity contribution >= 4 is 11.6 Å². The van der Waals surface area contributed by atoms with Gasteiger partial charge in [-0.25, -0.2) is 4.39 Å². The molecule has 0 aromatic heterocycles. The quantitative estimate of drug-likeness (QED) is 0.731. The molecule has 1 aromatic carbocycles. The van der Waals surface area contributed by atoms with Crippen molar-refractivity contribution in [3.63, 3.8) is 0 Å². The molecule has 0 heterocycles.